The molecular formula is C15H15ClF4N4OS. The molecule has 26 heavy (non-hydrogen) atoms. The van der Waals surface area contributed by atoms with Gasteiger partial charge in [0.2, 0.25) is 5.91 Å². The molecular weight excluding hydrogens is 396 g/mol. The third-order valence-corrected chi connectivity index (χ3v) is 4.58. The van der Waals surface area contributed by atoms with E-state index in [4.69, 9.17) is 11.6 Å². The van der Waals surface area contributed by atoms with E-state index in [1.807, 2.05) is 0 Å². The minimum atomic E-state index is -4.18. The average molecular weight is 411 g/mol. The molecule has 0 aliphatic heterocycles. The quantitative estimate of drug-likeness (QED) is 0.610. The fourth-order valence-electron chi connectivity index (χ4n) is 2.10. The predicted molar refractivity (Wildman–Crippen MR) is 92.4 cm³/mol. The molecule has 0 aliphatic carbocycles. The predicted octanol–water partition coefficient (Wildman–Crippen LogP) is 4.25. The van der Waals surface area contributed by atoms with E-state index in [1.54, 1.807) is 31.5 Å². The lowest BCUT2D eigenvalue weighted by Gasteiger charge is -2.20. The van der Waals surface area contributed by atoms with Crippen molar-refractivity contribution in [2.24, 2.45) is 0 Å². The highest BCUT2D eigenvalue weighted by Gasteiger charge is 2.41. The van der Waals surface area contributed by atoms with Crippen molar-refractivity contribution in [3.05, 3.63) is 35.9 Å². The van der Waals surface area contributed by atoms with E-state index in [0.717, 1.165) is 0 Å². The molecule has 0 fully saturated rings. The minimum absolute atomic E-state index is 0.0506. The number of hydrogen-bond acceptors (Lipinski definition) is 4. The Morgan fingerprint density at radius 1 is 1.46 bits per heavy atom. The molecule has 0 aromatic carbocycles. The molecule has 0 unspecified atom stereocenters. The summed E-state index contributed by atoms with van der Waals surface area (Å²) in [6.45, 7) is 1.89. The number of hydrogen-bond donors (Lipinski definition) is 0. The maximum atomic E-state index is 12.9. The van der Waals surface area contributed by atoms with E-state index in [2.05, 4.69) is 10.1 Å². The zero-order valence-electron chi connectivity index (χ0n) is 13.6. The van der Waals surface area contributed by atoms with Gasteiger partial charge in [0.25, 0.3) is 0 Å². The van der Waals surface area contributed by atoms with Crippen LogP contribution in [0.1, 0.15) is 13.3 Å². The number of carbonyl (C=O) groups is 1. The van der Waals surface area contributed by atoms with Gasteiger partial charge in [-0.3, -0.25) is 9.78 Å². The van der Waals surface area contributed by atoms with Gasteiger partial charge in [-0.25, -0.2) is 13.5 Å². The Kier molecular flexibility index (Phi) is 6.87. The van der Waals surface area contributed by atoms with Crippen molar-refractivity contribution < 1.29 is 22.4 Å². The summed E-state index contributed by atoms with van der Waals surface area (Å²) in [5, 5.41) is -0.0311. The second-order valence-electron chi connectivity index (χ2n) is 5.06. The smallest absolute Gasteiger partial charge is 0.308 e. The lowest BCUT2D eigenvalue weighted by atomic mass is 10.3. The Labute approximate surface area is 156 Å². The van der Waals surface area contributed by atoms with Crippen molar-refractivity contribution in [1.29, 1.82) is 0 Å². The van der Waals surface area contributed by atoms with Crippen molar-refractivity contribution in [3.63, 3.8) is 0 Å². The van der Waals surface area contributed by atoms with Gasteiger partial charge >= 0.3 is 11.7 Å². The topological polar surface area (TPSA) is 51.0 Å². The molecule has 0 radical (unpaired) electrons. The number of thioether (sulfide) groups is 1. The molecule has 5 nitrogen and oxygen atoms in total. The third kappa shape index (κ3) is 4.88. The summed E-state index contributed by atoms with van der Waals surface area (Å²) in [5.41, 5.74) is 0.921. The average Bonchev–Trinajstić information content (AvgIpc) is 2.98. The van der Waals surface area contributed by atoms with Crippen LogP contribution in [-0.4, -0.2) is 44.6 Å². The zero-order valence-corrected chi connectivity index (χ0v) is 15.2. The molecule has 1 amide bonds. The molecule has 11 heteroatoms. The van der Waals surface area contributed by atoms with Gasteiger partial charge in [-0.15, -0.1) is 0 Å². The normalized spacial score (nSPS) is 11.8. The van der Waals surface area contributed by atoms with Crippen LogP contribution in [0.4, 0.5) is 23.2 Å². The Balaban J connectivity index is 2.08. The van der Waals surface area contributed by atoms with Crippen LogP contribution in [0.25, 0.3) is 5.69 Å². The largest absolute Gasteiger partial charge is 0.353 e. The molecule has 0 bridgehead atoms. The van der Waals surface area contributed by atoms with Crippen LogP contribution >= 0.6 is 23.4 Å². The molecule has 0 spiro atoms. The highest BCUT2D eigenvalue weighted by Crippen LogP contribution is 2.36. The van der Waals surface area contributed by atoms with Crippen LogP contribution in [0.3, 0.4) is 0 Å². The molecule has 0 atom stereocenters. The minimum Gasteiger partial charge on any atom is -0.308 e. The molecule has 2 heterocycles. The monoisotopic (exact) mass is 410 g/mol. The van der Waals surface area contributed by atoms with Crippen LogP contribution in [0.15, 0.2) is 30.7 Å². The maximum absolute atomic E-state index is 12.9. The fourth-order valence-corrected chi connectivity index (χ4v) is 3.01. The molecule has 0 aliphatic rings. The SMILES string of the molecule is CCN(C(=O)CCSC(F)(F)C(F)F)c1cn(-c2cccnc2)nc1Cl. The van der Waals surface area contributed by atoms with Crippen LogP contribution in [0.5, 0.6) is 0 Å². The first-order chi connectivity index (χ1) is 12.3. The van der Waals surface area contributed by atoms with Gasteiger partial charge in [-0.2, -0.15) is 13.9 Å². The van der Waals surface area contributed by atoms with Gasteiger partial charge in [-0.05, 0) is 19.1 Å². The second kappa shape index (κ2) is 8.72. The van der Waals surface area contributed by atoms with Gasteiger partial charge in [0.15, 0.2) is 5.15 Å². The zero-order chi connectivity index (χ0) is 19.3. The number of carbonyl (C=O) groups excluding carboxylic acids is 1. The molecule has 0 saturated heterocycles. The molecule has 2 rings (SSSR count). The first-order valence-corrected chi connectivity index (χ1v) is 8.88. The van der Waals surface area contributed by atoms with Crippen LogP contribution in [0.2, 0.25) is 5.15 Å². The van der Waals surface area contributed by atoms with E-state index in [9.17, 15) is 22.4 Å². The lowest BCUT2D eigenvalue weighted by Crippen LogP contribution is -2.31. The van der Waals surface area contributed by atoms with Gasteiger partial charge in [0, 0.05) is 24.9 Å². The Morgan fingerprint density at radius 3 is 2.77 bits per heavy atom. The van der Waals surface area contributed by atoms with E-state index in [0.29, 0.717) is 11.4 Å². The molecule has 0 saturated carbocycles. The second-order valence-corrected chi connectivity index (χ2v) is 6.66. The Hall–Kier alpha value is -1.81. The Morgan fingerprint density at radius 2 is 2.19 bits per heavy atom. The Bertz CT molecular complexity index is 745. The van der Waals surface area contributed by atoms with Crippen LogP contribution < -0.4 is 4.90 Å². The van der Waals surface area contributed by atoms with Gasteiger partial charge in [0.05, 0.1) is 18.1 Å². The summed E-state index contributed by atoms with van der Waals surface area (Å²) in [5.74, 6) is -0.959. The third-order valence-electron chi connectivity index (χ3n) is 3.33. The highest BCUT2D eigenvalue weighted by molar-refractivity contribution is 8.00. The van der Waals surface area contributed by atoms with Gasteiger partial charge < -0.3 is 4.90 Å². The van der Waals surface area contributed by atoms with Crippen molar-refractivity contribution in [3.8, 4) is 5.69 Å². The number of alkyl halides is 4. The summed E-state index contributed by atoms with van der Waals surface area (Å²) in [6.07, 6.45) is 0.534. The van der Waals surface area contributed by atoms with E-state index in [1.165, 1.54) is 15.8 Å². The summed E-state index contributed by atoms with van der Waals surface area (Å²) < 4.78 is 51.5. The summed E-state index contributed by atoms with van der Waals surface area (Å²) in [6, 6.07) is 3.44. The van der Waals surface area contributed by atoms with Crippen LogP contribution in [-0.2, 0) is 4.79 Å². The van der Waals surface area contributed by atoms with Crippen molar-refractivity contribution >= 4 is 35.0 Å². The number of aromatic nitrogens is 3. The summed E-state index contributed by atoms with van der Waals surface area (Å²) in [4.78, 5) is 17.5. The first-order valence-electron chi connectivity index (χ1n) is 7.52. The number of halogens is 5. The highest BCUT2D eigenvalue weighted by atomic mass is 35.5. The number of anilines is 1. The maximum Gasteiger partial charge on any atom is 0.353 e. The van der Waals surface area contributed by atoms with Crippen molar-refractivity contribution in [2.75, 3.05) is 17.2 Å². The van der Waals surface area contributed by atoms with Crippen molar-refractivity contribution in [2.45, 2.75) is 25.0 Å². The van der Waals surface area contributed by atoms with E-state index >= 15 is 0 Å². The molecule has 2 aromatic rings. The number of amides is 1. The number of nitrogens with zero attached hydrogens (tertiary/aromatic N) is 4. The van der Waals surface area contributed by atoms with E-state index in [-0.39, 0.29) is 29.9 Å². The van der Waals surface area contributed by atoms with Crippen molar-refractivity contribution in [1.82, 2.24) is 14.8 Å². The standard InChI is InChI=1S/C15H15ClF4N4OS/c1-2-23(12(25)5-7-26-15(19,20)14(17)18)11-9-24(22-13(11)16)10-4-3-6-21-8-10/h3-4,6,8-9,14H,2,5,7H2,1H3. The lowest BCUT2D eigenvalue weighted by molar-refractivity contribution is -0.118. The van der Waals surface area contributed by atoms with E-state index < -0.39 is 23.3 Å². The summed E-state index contributed by atoms with van der Waals surface area (Å²) in [7, 11) is 0. The van der Waals surface area contributed by atoms with Crippen LogP contribution in [0, 0.1) is 0 Å². The van der Waals surface area contributed by atoms with Gasteiger partial charge in [0.1, 0.15) is 5.69 Å². The van der Waals surface area contributed by atoms with Gasteiger partial charge in [-0.1, -0.05) is 23.4 Å². The molecule has 2 aromatic heterocycles. The summed E-state index contributed by atoms with van der Waals surface area (Å²) >= 11 is 5.84. The first kappa shape index (κ1) is 20.5. The molecule has 0 N–H and O–H groups in total. The fraction of sp³-hybridized carbons (Fsp3) is 0.400. The number of rotatable bonds is 8. The molecule has 142 valence electrons. The number of pyridine rings is 1.